The molecule has 0 bridgehead atoms. The molecule has 0 aliphatic carbocycles. The Labute approximate surface area is 190 Å². The largest absolute Gasteiger partial charge is 0.494 e. The minimum absolute atomic E-state index is 0.125. The molecule has 31 heavy (non-hydrogen) atoms. The van der Waals surface area contributed by atoms with Gasteiger partial charge in [0.25, 0.3) is 0 Å². The van der Waals surface area contributed by atoms with E-state index in [-0.39, 0.29) is 12.3 Å². The number of nitrogens with one attached hydrogen (secondary N) is 1. The number of hydrogen-bond acceptors (Lipinski definition) is 6. The molecule has 1 amide bonds. The maximum absolute atomic E-state index is 12.7. The van der Waals surface area contributed by atoms with Crippen molar-refractivity contribution in [1.82, 2.24) is 4.98 Å². The first-order valence-electron chi connectivity index (χ1n) is 10.2. The first kappa shape index (κ1) is 21.6. The highest BCUT2D eigenvalue weighted by molar-refractivity contribution is 7.13. The summed E-state index contributed by atoms with van der Waals surface area (Å²) >= 11 is 7.98. The number of thiazole rings is 1. The van der Waals surface area contributed by atoms with Crippen LogP contribution in [0.5, 0.6) is 5.75 Å². The smallest absolute Gasteiger partial charge is 0.230 e. The van der Waals surface area contributed by atoms with Crippen molar-refractivity contribution >= 4 is 40.2 Å². The van der Waals surface area contributed by atoms with Gasteiger partial charge in [-0.2, -0.15) is 0 Å². The van der Waals surface area contributed by atoms with Crippen molar-refractivity contribution < 1.29 is 14.3 Å². The Bertz CT molecular complexity index is 1030. The number of halogens is 1. The molecule has 1 aromatic heterocycles. The predicted molar refractivity (Wildman–Crippen MR) is 126 cm³/mol. The quantitative estimate of drug-likeness (QED) is 0.547. The minimum Gasteiger partial charge on any atom is -0.494 e. The van der Waals surface area contributed by atoms with Crippen molar-refractivity contribution in [3.8, 4) is 16.3 Å². The van der Waals surface area contributed by atoms with Crippen LogP contribution in [0.2, 0.25) is 5.02 Å². The zero-order valence-corrected chi connectivity index (χ0v) is 18.8. The molecule has 0 radical (unpaired) electrons. The molecule has 8 heteroatoms. The van der Waals surface area contributed by atoms with E-state index in [1.54, 1.807) is 0 Å². The molecule has 162 valence electrons. The third-order valence-corrected chi connectivity index (χ3v) is 6.14. The molecule has 0 saturated carbocycles. The van der Waals surface area contributed by atoms with Gasteiger partial charge in [0.15, 0.2) is 0 Å². The third kappa shape index (κ3) is 5.36. The van der Waals surface area contributed by atoms with Gasteiger partial charge in [0.05, 0.1) is 48.3 Å². The molecule has 4 rings (SSSR count). The first-order valence-corrected chi connectivity index (χ1v) is 11.5. The number of benzene rings is 2. The van der Waals surface area contributed by atoms with Crippen LogP contribution < -0.4 is 15.0 Å². The Balaban J connectivity index is 1.43. The van der Waals surface area contributed by atoms with Crippen LogP contribution in [0.3, 0.4) is 0 Å². The average molecular weight is 458 g/mol. The molecule has 1 aliphatic heterocycles. The van der Waals surface area contributed by atoms with Gasteiger partial charge in [-0.15, -0.1) is 11.3 Å². The summed E-state index contributed by atoms with van der Waals surface area (Å²) < 4.78 is 10.9. The van der Waals surface area contributed by atoms with Crippen molar-refractivity contribution in [1.29, 1.82) is 0 Å². The minimum atomic E-state index is -0.125. The van der Waals surface area contributed by atoms with Gasteiger partial charge in [-0.05, 0) is 43.3 Å². The predicted octanol–water partition coefficient (Wildman–Crippen LogP) is 4.88. The van der Waals surface area contributed by atoms with E-state index < -0.39 is 0 Å². The van der Waals surface area contributed by atoms with Crippen LogP contribution in [0.25, 0.3) is 10.6 Å². The number of aromatic nitrogens is 1. The zero-order valence-electron chi connectivity index (χ0n) is 17.3. The summed E-state index contributed by atoms with van der Waals surface area (Å²) in [5, 5.41) is 6.43. The first-order chi connectivity index (χ1) is 15.1. The zero-order chi connectivity index (χ0) is 21.6. The molecule has 0 unspecified atom stereocenters. The molecule has 1 N–H and O–H groups in total. The van der Waals surface area contributed by atoms with Crippen LogP contribution in [0, 0.1) is 0 Å². The fourth-order valence-electron chi connectivity index (χ4n) is 3.46. The molecule has 1 saturated heterocycles. The van der Waals surface area contributed by atoms with Crippen LogP contribution in [0.1, 0.15) is 12.6 Å². The number of nitrogens with zero attached hydrogens (tertiary/aromatic N) is 2. The highest BCUT2D eigenvalue weighted by Crippen LogP contribution is 2.34. The molecule has 1 fully saturated rings. The lowest BCUT2D eigenvalue weighted by atomic mass is 10.2. The summed E-state index contributed by atoms with van der Waals surface area (Å²) in [4.78, 5) is 19.5. The summed E-state index contributed by atoms with van der Waals surface area (Å²) in [6.07, 6.45) is 0.197. The van der Waals surface area contributed by atoms with E-state index >= 15 is 0 Å². The number of amides is 1. The topological polar surface area (TPSA) is 63.7 Å². The van der Waals surface area contributed by atoms with E-state index in [4.69, 9.17) is 21.1 Å². The molecule has 2 aromatic carbocycles. The van der Waals surface area contributed by atoms with E-state index in [1.807, 2.05) is 54.8 Å². The summed E-state index contributed by atoms with van der Waals surface area (Å²) in [7, 11) is 0. The number of carbonyl (C=O) groups is 1. The second kappa shape index (κ2) is 10.1. The van der Waals surface area contributed by atoms with Crippen molar-refractivity contribution in [3.63, 3.8) is 0 Å². The Morgan fingerprint density at radius 1 is 1.23 bits per heavy atom. The van der Waals surface area contributed by atoms with Crippen LogP contribution in [0.4, 0.5) is 11.4 Å². The molecule has 3 aromatic rings. The summed E-state index contributed by atoms with van der Waals surface area (Å²) in [5.74, 6) is 0.709. The number of hydrogen-bond donors (Lipinski definition) is 1. The van der Waals surface area contributed by atoms with Crippen molar-refractivity contribution in [3.05, 3.63) is 58.6 Å². The molecule has 0 spiro atoms. The third-order valence-electron chi connectivity index (χ3n) is 4.89. The number of anilines is 2. The van der Waals surface area contributed by atoms with Gasteiger partial charge >= 0.3 is 0 Å². The van der Waals surface area contributed by atoms with Crippen molar-refractivity contribution in [2.75, 3.05) is 43.1 Å². The lowest BCUT2D eigenvalue weighted by molar-refractivity contribution is -0.115. The Hall–Kier alpha value is -2.61. The lowest BCUT2D eigenvalue weighted by Crippen LogP contribution is -2.37. The Kier molecular flexibility index (Phi) is 7.06. The number of ether oxygens (including phenoxy) is 2. The van der Waals surface area contributed by atoms with Gasteiger partial charge in [0, 0.05) is 24.0 Å². The van der Waals surface area contributed by atoms with Gasteiger partial charge in [-0.1, -0.05) is 17.7 Å². The van der Waals surface area contributed by atoms with Crippen molar-refractivity contribution in [2.24, 2.45) is 0 Å². The number of para-hydroxylation sites is 1. The molecule has 0 atom stereocenters. The van der Waals surface area contributed by atoms with Crippen LogP contribution >= 0.6 is 22.9 Å². The van der Waals surface area contributed by atoms with Crippen LogP contribution in [0.15, 0.2) is 47.8 Å². The van der Waals surface area contributed by atoms with E-state index in [1.165, 1.54) is 11.3 Å². The average Bonchev–Trinajstić information content (AvgIpc) is 3.23. The highest BCUT2D eigenvalue weighted by Gasteiger charge is 2.19. The second-order valence-corrected chi connectivity index (χ2v) is 8.33. The molecular weight excluding hydrogens is 434 g/mol. The molecular formula is C23H24ClN3O3S. The molecule has 1 aliphatic rings. The SMILES string of the molecule is CCOc1ccc(-c2nc(CC(=O)Nc3cccc(Cl)c3N3CCOCC3)cs2)cc1. The maximum atomic E-state index is 12.7. The number of rotatable bonds is 7. The van der Waals surface area contributed by atoms with E-state index in [0.717, 1.165) is 40.8 Å². The van der Waals surface area contributed by atoms with Crippen LogP contribution in [-0.4, -0.2) is 43.8 Å². The summed E-state index contributed by atoms with van der Waals surface area (Å²) in [6, 6.07) is 13.4. The van der Waals surface area contributed by atoms with Gasteiger partial charge in [0.1, 0.15) is 10.8 Å². The number of morpholine rings is 1. The standard InChI is InChI=1S/C23H24ClN3O3S/c1-2-30-18-8-6-16(7-9-18)23-25-17(15-31-23)14-21(28)26-20-5-3-4-19(24)22(20)27-10-12-29-13-11-27/h3-9,15H,2,10-14H2,1H3,(H,26,28). The molecule has 2 heterocycles. The Morgan fingerprint density at radius 3 is 2.74 bits per heavy atom. The van der Waals surface area contributed by atoms with Gasteiger partial charge in [0.2, 0.25) is 5.91 Å². The Morgan fingerprint density at radius 2 is 2.00 bits per heavy atom. The van der Waals surface area contributed by atoms with Crippen LogP contribution in [-0.2, 0) is 16.0 Å². The molecule has 6 nitrogen and oxygen atoms in total. The van der Waals surface area contributed by atoms with Gasteiger partial charge < -0.3 is 19.7 Å². The van der Waals surface area contributed by atoms with E-state index in [2.05, 4.69) is 15.2 Å². The fraction of sp³-hybridized carbons (Fsp3) is 0.304. The highest BCUT2D eigenvalue weighted by atomic mass is 35.5. The van der Waals surface area contributed by atoms with E-state index in [9.17, 15) is 4.79 Å². The maximum Gasteiger partial charge on any atom is 0.230 e. The lowest BCUT2D eigenvalue weighted by Gasteiger charge is -2.31. The fourth-order valence-corrected chi connectivity index (χ4v) is 4.58. The monoisotopic (exact) mass is 457 g/mol. The van der Waals surface area contributed by atoms with Gasteiger partial charge in [-0.3, -0.25) is 4.79 Å². The number of carbonyl (C=O) groups excluding carboxylic acids is 1. The van der Waals surface area contributed by atoms with Crippen molar-refractivity contribution in [2.45, 2.75) is 13.3 Å². The normalized spacial score (nSPS) is 13.8. The van der Waals surface area contributed by atoms with Gasteiger partial charge in [-0.25, -0.2) is 4.98 Å². The summed E-state index contributed by atoms with van der Waals surface area (Å²) in [5.41, 5.74) is 3.29. The second-order valence-electron chi connectivity index (χ2n) is 7.06. The summed E-state index contributed by atoms with van der Waals surface area (Å²) in [6.45, 7) is 5.36. The van der Waals surface area contributed by atoms with E-state index in [0.29, 0.717) is 30.5 Å².